The van der Waals surface area contributed by atoms with Crippen LogP contribution in [0, 0.1) is 18.6 Å². The number of rotatable bonds is 8. The van der Waals surface area contributed by atoms with E-state index in [9.17, 15) is 17.2 Å². The van der Waals surface area contributed by atoms with Gasteiger partial charge in [-0.25, -0.2) is 22.2 Å². The lowest BCUT2D eigenvalue weighted by molar-refractivity contribution is 0.599. The highest BCUT2D eigenvalue weighted by Gasteiger charge is 2.12. The maximum atomic E-state index is 13.6. The third-order valence-electron chi connectivity index (χ3n) is 3.76. The zero-order chi connectivity index (χ0) is 20.6. The summed E-state index contributed by atoms with van der Waals surface area (Å²) in [6, 6.07) is 10.3. The molecule has 3 N–H and O–H groups in total. The van der Waals surface area contributed by atoms with Gasteiger partial charge in [0.2, 0.25) is 10.0 Å². The summed E-state index contributed by atoms with van der Waals surface area (Å²) in [6.07, 6.45) is 0. The second-order valence-electron chi connectivity index (χ2n) is 6.14. The average molecular weight is 410 g/mol. The van der Waals surface area contributed by atoms with Crippen LogP contribution in [-0.2, 0) is 16.6 Å². The topological polar surface area (TPSA) is 82.6 Å². The molecule has 0 heterocycles. The molecule has 0 aliphatic heterocycles. The van der Waals surface area contributed by atoms with Crippen LogP contribution in [-0.4, -0.2) is 33.2 Å². The smallest absolute Gasteiger partial charge is 0.234 e. The monoisotopic (exact) mass is 410 g/mol. The summed E-state index contributed by atoms with van der Waals surface area (Å²) in [6.45, 7) is 4.41. The summed E-state index contributed by atoms with van der Waals surface area (Å²) in [7, 11) is -3.66. The fourth-order valence-corrected chi connectivity index (χ4v) is 3.30. The zero-order valence-corrected chi connectivity index (χ0v) is 16.6. The summed E-state index contributed by atoms with van der Waals surface area (Å²) >= 11 is 0. The Bertz CT molecular complexity index is 933. The highest BCUT2D eigenvalue weighted by Crippen LogP contribution is 2.14. The number of nitrogens with one attached hydrogen (secondary N) is 3. The highest BCUT2D eigenvalue weighted by molar-refractivity contribution is 7.92. The van der Waals surface area contributed by atoms with Gasteiger partial charge in [0, 0.05) is 13.1 Å². The second kappa shape index (κ2) is 10.0. The Morgan fingerprint density at radius 3 is 2.57 bits per heavy atom. The SMILES string of the molecule is CCNC(=NCc1cccc(F)c1)NCCS(=O)(=O)Nc1ccc(C)c(F)c1. The van der Waals surface area contributed by atoms with Gasteiger partial charge in [-0.3, -0.25) is 4.72 Å². The predicted molar refractivity (Wildman–Crippen MR) is 108 cm³/mol. The Balaban J connectivity index is 1.91. The molecule has 0 atom stereocenters. The van der Waals surface area contributed by atoms with Crippen molar-refractivity contribution >= 4 is 21.7 Å². The van der Waals surface area contributed by atoms with Crippen LogP contribution in [0.3, 0.4) is 0 Å². The van der Waals surface area contributed by atoms with E-state index in [1.165, 1.54) is 24.3 Å². The Hall–Kier alpha value is -2.68. The third kappa shape index (κ3) is 7.15. The Morgan fingerprint density at radius 2 is 1.89 bits per heavy atom. The molecular weight excluding hydrogens is 386 g/mol. The normalized spacial score (nSPS) is 11.9. The van der Waals surface area contributed by atoms with E-state index in [0.717, 1.165) is 6.07 Å². The van der Waals surface area contributed by atoms with Gasteiger partial charge >= 0.3 is 0 Å². The quantitative estimate of drug-likeness (QED) is 0.462. The molecule has 28 heavy (non-hydrogen) atoms. The number of hydrogen-bond donors (Lipinski definition) is 3. The van der Waals surface area contributed by atoms with Crippen LogP contribution in [0.5, 0.6) is 0 Å². The predicted octanol–water partition coefficient (Wildman–Crippen LogP) is 2.77. The van der Waals surface area contributed by atoms with Crippen molar-refractivity contribution in [3.8, 4) is 0 Å². The number of sulfonamides is 1. The number of anilines is 1. The molecule has 9 heteroatoms. The number of guanidine groups is 1. The minimum absolute atomic E-state index is 0.0959. The van der Waals surface area contributed by atoms with Crippen LogP contribution < -0.4 is 15.4 Å². The standard InChI is InChI=1S/C19H24F2N4O2S/c1-3-22-19(24-13-15-5-4-6-16(20)11-15)23-9-10-28(26,27)25-17-8-7-14(2)18(21)12-17/h4-8,11-12,25H,3,9-10,13H2,1-2H3,(H2,22,23,24). The lowest BCUT2D eigenvalue weighted by atomic mass is 10.2. The number of hydrogen-bond acceptors (Lipinski definition) is 3. The van der Waals surface area contributed by atoms with Gasteiger partial charge in [0.05, 0.1) is 18.0 Å². The van der Waals surface area contributed by atoms with Crippen molar-refractivity contribution in [3.63, 3.8) is 0 Å². The van der Waals surface area contributed by atoms with Crippen molar-refractivity contribution in [2.45, 2.75) is 20.4 Å². The largest absolute Gasteiger partial charge is 0.357 e. The van der Waals surface area contributed by atoms with Crippen LogP contribution in [0.25, 0.3) is 0 Å². The average Bonchev–Trinajstić information content (AvgIpc) is 2.62. The molecule has 0 aliphatic carbocycles. The van der Waals surface area contributed by atoms with Gasteiger partial charge in [-0.1, -0.05) is 18.2 Å². The Kier molecular flexibility index (Phi) is 7.74. The Morgan fingerprint density at radius 1 is 1.11 bits per heavy atom. The van der Waals surface area contributed by atoms with Crippen molar-refractivity contribution < 1.29 is 17.2 Å². The fraction of sp³-hybridized carbons (Fsp3) is 0.316. The molecule has 0 unspecified atom stereocenters. The molecule has 152 valence electrons. The number of nitrogens with zero attached hydrogens (tertiary/aromatic N) is 1. The van der Waals surface area contributed by atoms with Gasteiger partial charge in [-0.2, -0.15) is 0 Å². The molecule has 0 amide bonds. The molecule has 0 aromatic heterocycles. The molecule has 0 saturated heterocycles. The van der Waals surface area contributed by atoms with E-state index in [2.05, 4.69) is 20.3 Å². The van der Waals surface area contributed by atoms with Gasteiger partial charge in [0.15, 0.2) is 5.96 Å². The highest BCUT2D eigenvalue weighted by atomic mass is 32.2. The first-order valence-corrected chi connectivity index (χ1v) is 10.5. The zero-order valence-electron chi connectivity index (χ0n) is 15.8. The van der Waals surface area contributed by atoms with E-state index >= 15 is 0 Å². The molecule has 2 aromatic rings. The molecule has 2 aromatic carbocycles. The van der Waals surface area contributed by atoms with Crippen molar-refractivity contribution in [3.05, 3.63) is 65.2 Å². The lowest BCUT2D eigenvalue weighted by Gasteiger charge is -2.13. The van der Waals surface area contributed by atoms with Crippen LogP contribution in [0.2, 0.25) is 0 Å². The van der Waals surface area contributed by atoms with E-state index in [-0.39, 0.29) is 30.3 Å². The van der Waals surface area contributed by atoms with Gasteiger partial charge in [-0.05, 0) is 49.2 Å². The van der Waals surface area contributed by atoms with Crippen molar-refractivity contribution in [1.29, 1.82) is 0 Å². The molecular formula is C19H24F2N4O2S. The summed E-state index contributed by atoms with van der Waals surface area (Å²) in [4.78, 5) is 4.31. The maximum Gasteiger partial charge on any atom is 0.234 e. The molecule has 0 aliphatic rings. The number of aryl methyl sites for hydroxylation is 1. The van der Waals surface area contributed by atoms with Crippen molar-refractivity contribution in [1.82, 2.24) is 10.6 Å². The summed E-state index contributed by atoms with van der Waals surface area (Å²) in [5, 5.41) is 5.92. The summed E-state index contributed by atoms with van der Waals surface area (Å²) < 4.78 is 53.5. The first-order valence-electron chi connectivity index (χ1n) is 8.82. The van der Waals surface area contributed by atoms with Crippen LogP contribution >= 0.6 is 0 Å². The first-order chi connectivity index (χ1) is 13.3. The van der Waals surface area contributed by atoms with Gasteiger partial charge in [0.25, 0.3) is 0 Å². The van der Waals surface area contributed by atoms with Crippen molar-refractivity contribution in [2.75, 3.05) is 23.6 Å². The number of benzene rings is 2. The third-order valence-corrected chi connectivity index (χ3v) is 5.05. The number of halogens is 2. The Labute approximate surface area is 164 Å². The van der Waals surface area contributed by atoms with Gasteiger partial charge in [-0.15, -0.1) is 0 Å². The molecule has 6 nitrogen and oxygen atoms in total. The first kappa shape index (κ1) is 21.6. The van der Waals surface area contributed by atoms with E-state index in [1.807, 2.05) is 6.92 Å². The maximum absolute atomic E-state index is 13.6. The number of aliphatic imine (C=N–C) groups is 1. The molecule has 2 rings (SSSR count). The minimum Gasteiger partial charge on any atom is -0.357 e. The summed E-state index contributed by atoms with van der Waals surface area (Å²) in [5.41, 5.74) is 1.32. The molecule has 0 bridgehead atoms. The van der Waals surface area contributed by atoms with Crippen LogP contribution in [0.15, 0.2) is 47.5 Å². The molecule has 0 radical (unpaired) electrons. The van der Waals surface area contributed by atoms with Crippen molar-refractivity contribution in [2.24, 2.45) is 4.99 Å². The van der Waals surface area contributed by atoms with E-state index < -0.39 is 15.8 Å². The summed E-state index contributed by atoms with van der Waals surface area (Å²) in [5.74, 6) is -0.622. The van der Waals surface area contributed by atoms with E-state index in [1.54, 1.807) is 19.1 Å². The van der Waals surface area contributed by atoms with Crippen LogP contribution in [0.1, 0.15) is 18.1 Å². The van der Waals surface area contributed by atoms with Crippen LogP contribution in [0.4, 0.5) is 14.5 Å². The van der Waals surface area contributed by atoms with Gasteiger partial charge in [0.1, 0.15) is 11.6 Å². The lowest BCUT2D eigenvalue weighted by Crippen LogP contribution is -2.40. The van der Waals surface area contributed by atoms with E-state index in [4.69, 9.17) is 0 Å². The molecule has 0 spiro atoms. The van der Waals surface area contributed by atoms with E-state index in [0.29, 0.717) is 23.6 Å². The second-order valence-corrected chi connectivity index (χ2v) is 7.98. The molecule has 0 fully saturated rings. The molecule has 0 saturated carbocycles. The fourth-order valence-electron chi connectivity index (χ4n) is 2.34. The van der Waals surface area contributed by atoms with Gasteiger partial charge < -0.3 is 10.6 Å². The minimum atomic E-state index is -3.66.